The zero-order chi connectivity index (χ0) is 9.68. The van der Waals surface area contributed by atoms with Crippen LogP contribution in [0.2, 0.25) is 0 Å². The lowest BCUT2D eigenvalue weighted by Gasteiger charge is -2.26. The van der Waals surface area contributed by atoms with Crippen molar-refractivity contribution in [1.29, 1.82) is 0 Å². The fourth-order valence-electron chi connectivity index (χ4n) is 1.58. The highest BCUT2D eigenvalue weighted by Gasteiger charge is 2.25. The summed E-state index contributed by atoms with van der Waals surface area (Å²) in [7, 11) is 0. The molecule has 0 aromatic carbocycles. The maximum atomic E-state index is 11.4. The highest BCUT2D eigenvalue weighted by molar-refractivity contribution is 5.85. The average Bonchev–Trinajstić information content (AvgIpc) is 2.18. The molecule has 0 radical (unpaired) electrons. The minimum atomic E-state index is -0.358. The molecule has 0 bridgehead atoms. The Bertz CT molecular complexity index is 172. The number of carbonyl (C=O) groups is 1. The summed E-state index contributed by atoms with van der Waals surface area (Å²) >= 11 is 0. The molecule has 0 aromatic rings. The van der Waals surface area contributed by atoms with Crippen LogP contribution in [0, 0.1) is 5.92 Å². The predicted octanol–water partition coefficient (Wildman–Crippen LogP) is 0.298. The number of carbonyl (C=O) groups excluding carboxylic acids is 1. The smallest absolute Gasteiger partial charge is 0.237 e. The number of rotatable bonds is 3. The first kappa shape index (κ1) is 13.7. The van der Waals surface area contributed by atoms with Gasteiger partial charge >= 0.3 is 0 Å². The first-order chi connectivity index (χ1) is 6.25. The zero-order valence-electron chi connectivity index (χ0n) is 8.49. The van der Waals surface area contributed by atoms with Crippen LogP contribution in [-0.4, -0.2) is 31.7 Å². The van der Waals surface area contributed by atoms with Gasteiger partial charge in [-0.2, -0.15) is 0 Å². The molecule has 1 atom stereocenters. The molecule has 14 heavy (non-hydrogen) atoms. The van der Waals surface area contributed by atoms with Crippen LogP contribution in [0.15, 0.2) is 0 Å². The first-order valence-corrected chi connectivity index (χ1v) is 4.86. The molecule has 1 heterocycles. The number of hydrogen-bond donors (Lipinski definition) is 2. The summed E-state index contributed by atoms with van der Waals surface area (Å²) in [6, 6.07) is -0.358. The van der Waals surface area contributed by atoms with Crippen molar-refractivity contribution in [3.8, 4) is 0 Å². The normalized spacial score (nSPS) is 19.6. The predicted molar refractivity (Wildman–Crippen MR) is 57.5 cm³/mol. The second kappa shape index (κ2) is 7.04. The Kier molecular flexibility index (Phi) is 6.87. The van der Waals surface area contributed by atoms with Crippen LogP contribution in [0.1, 0.15) is 19.8 Å². The van der Waals surface area contributed by atoms with E-state index in [4.69, 9.17) is 10.5 Å². The van der Waals surface area contributed by atoms with Crippen LogP contribution in [-0.2, 0) is 9.53 Å². The molecule has 3 N–H and O–H groups in total. The summed E-state index contributed by atoms with van der Waals surface area (Å²) in [4.78, 5) is 11.4. The maximum absolute atomic E-state index is 11.4. The largest absolute Gasteiger partial charge is 0.381 e. The topological polar surface area (TPSA) is 64.4 Å². The lowest BCUT2D eigenvalue weighted by Crippen LogP contribution is -2.47. The van der Waals surface area contributed by atoms with Gasteiger partial charge in [0.25, 0.3) is 0 Å². The number of hydrogen-bond acceptors (Lipinski definition) is 3. The van der Waals surface area contributed by atoms with Crippen molar-refractivity contribution in [2.24, 2.45) is 11.7 Å². The van der Waals surface area contributed by atoms with Crippen LogP contribution in [0.4, 0.5) is 0 Å². The van der Waals surface area contributed by atoms with Gasteiger partial charge in [0, 0.05) is 19.8 Å². The van der Waals surface area contributed by atoms with Gasteiger partial charge in [0.05, 0.1) is 6.04 Å². The average molecular weight is 223 g/mol. The quantitative estimate of drug-likeness (QED) is 0.722. The third-order valence-electron chi connectivity index (χ3n) is 2.43. The second-order valence-corrected chi connectivity index (χ2v) is 3.37. The Balaban J connectivity index is 0.00000169. The van der Waals surface area contributed by atoms with Gasteiger partial charge in [-0.15, -0.1) is 12.4 Å². The van der Waals surface area contributed by atoms with Crippen molar-refractivity contribution in [1.82, 2.24) is 5.32 Å². The van der Waals surface area contributed by atoms with E-state index in [1.165, 1.54) is 0 Å². The molecule has 5 heteroatoms. The van der Waals surface area contributed by atoms with E-state index in [2.05, 4.69) is 5.32 Å². The van der Waals surface area contributed by atoms with E-state index in [-0.39, 0.29) is 24.4 Å². The number of likely N-dealkylation sites (N-methyl/N-ethyl adjacent to an activating group) is 1. The number of amides is 1. The molecule has 84 valence electrons. The fraction of sp³-hybridized carbons (Fsp3) is 0.889. The van der Waals surface area contributed by atoms with E-state index in [1.807, 2.05) is 6.92 Å². The van der Waals surface area contributed by atoms with Crippen molar-refractivity contribution < 1.29 is 9.53 Å². The molecule has 1 amide bonds. The lowest BCUT2D eigenvalue weighted by atomic mass is 9.92. The fourth-order valence-corrected chi connectivity index (χ4v) is 1.58. The Morgan fingerprint density at radius 3 is 2.64 bits per heavy atom. The van der Waals surface area contributed by atoms with Gasteiger partial charge in [0.1, 0.15) is 0 Å². The molecule has 0 saturated carbocycles. The highest BCUT2D eigenvalue weighted by atomic mass is 35.5. The summed E-state index contributed by atoms with van der Waals surface area (Å²) in [5.41, 5.74) is 5.81. The molecule has 1 unspecified atom stereocenters. The van der Waals surface area contributed by atoms with E-state index in [0.29, 0.717) is 12.5 Å². The first-order valence-electron chi connectivity index (χ1n) is 4.86. The van der Waals surface area contributed by atoms with Crippen LogP contribution < -0.4 is 11.1 Å². The third-order valence-corrected chi connectivity index (χ3v) is 2.43. The summed E-state index contributed by atoms with van der Waals surface area (Å²) < 4.78 is 5.20. The second-order valence-electron chi connectivity index (χ2n) is 3.37. The van der Waals surface area contributed by atoms with Crippen molar-refractivity contribution in [3.05, 3.63) is 0 Å². The third kappa shape index (κ3) is 3.82. The Morgan fingerprint density at radius 1 is 1.57 bits per heavy atom. The molecule has 1 fully saturated rings. The molecule has 1 rings (SSSR count). The van der Waals surface area contributed by atoms with E-state index in [1.54, 1.807) is 0 Å². The minimum absolute atomic E-state index is 0. The monoisotopic (exact) mass is 222 g/mol. The number of ether oxygens (including phenoxy) is 1. The SMILES string of the molecule is CCNC(=O)C(N)C1CCOCC1.Cl. The minimum Gasteiger partial charge on any atom is -0.381 e. The number of nitrogens with one attached hydrogen (secondary N) is 1. The molecule has 1 saturated heterocycles. The van der Waals surface area contributed by atoms with E-state index >= 15 is 0 Å². The van der Waals surface area contributed by atoms with Gasteiger partial charge in [-0.25, -0.2) is 0 Å². The van der Waals surface area contributed by atoms with E-state index < -0.39 is 0 Å². The molecule has 4 nitrogen and oxygen atoms in total. The molecule has 1 aliphatic heterocycles. The molecule has 0 aliphatic carbocycles. The summed E-state index contributed by atoms with van der Waals surface area (Å²) in [6.07, 6.45) is 1.80. The highest BCUT2D eigenvalue weighted by Crippen LogP contribution is 2.17. The van der Waals surface area contributed by atoms with Gasteiger partial charge in [-0.05, 0) is 25.7 Å². The molecule has 1 aliphatic rings. The van der Waals surface area contributed by atoms with Gasteiger partial charge in [0.15, 0.2) is 0 Å². The summed E-state index contributed by atoms with van der Waals surface area (Å²) in [5, 5.41) is 2.74. The van der Waals surface area contributed by atoms with Crippen molar-refractivity contribution in [3.63, 3.8) is 0 Å². The van der Waals surface area contributed by atoms with Crippen molar-refractivity contribution >= 4 is 18.3 Å². The number of halogens is 1. The zero-order valence-corrected chi connectivity index (χ0v) is 9.31. The van der Waals surface area contributed by atoms with Crippen LogP contribution in [0.5, 0.6) is 0 Å². The number of nitrogens with two attached hydrogens (primary N) is 1. The molecule has 0 spiro atoms. The van der Waals surface area contributed by atoms with Crippen molar-refractivity contribution in [2.75, 3.05) is 19.8 Å². The molecule has 0 aromatic heterocycles. The van der Waals surface area contributed by atoms with Gasteiger partial charge in [-0.3, -0.25) is 4.79 Å². The van der Waals surface area contributed by atoms with Gasteiger partial charge in [0.2, 0.25) is 5.91 Å². The Labute approximate surface area is 91.0 Å². The van der Waals surface area contributed by atoms with Crippen LogP contribution in [0.3, 0.4) is 0 Å². The summed E-state index contributed by atoms with van der Waals surface area (Å²) in [5.74, 6) is 0.259. The maximum Gasteiger partial charge on any atom is 0.237 e. The molecular formula is C9H19ClN2O2. The Morgan fingerprint density at radius 2 is 2.14 bits per heavy atom. The van der Waals surface area contributed by atoms with E-state index in [9.17, 15) is 4.79 Å². The molecular weight excluding hydrogens is 204 g/mol. The van der Waals surface area contributed by atoms with E-state index in [0.717, 1.165) is 26.1 Å². The van der Waals surface area contributed by atoms with Crippen molar-refractivity contribution in [2.45, 2.75) is 25.8 Å². The van der Waals surface area contributed by atoms with Crippen LogP contribution >= 0.6 is 12.4 Å². The van der Waals surface area contributed by atoms with Gasteiger partial charge < -0.3 is 15.8 Å². The standard InChI is InChI=1S/C9H18N2O2.ClH/c1-2-11-9(12)8(10)7-3-5-13-6-4-7;/h7-8H,2-6,10H2,1H3,(H,11,12);1H. The Hall–Kier alpha value is -0.320. The van der Waals surface area contributed by atoms with Crippen LogP contribution in [0.25, 0.3) is 0 Å². The lowest BCUT2D eigenvalue weighted by molar-refractivity contribution is -0.124. The summed E-state index contributed by atoms with van der Waals surface area (Å²) in [6.45, 7) is 4.01. The van der Waals surface area contributed by atoms with Gasteiger partial charge in [-0.1, -0.05) is 0 Å².